The van der Waals surface area contributed by atoms with Crippen LogP contribution < -0.4 is 0 Å². The number of hydrogen-bond acceptors (Lipinski definition) is 0. The van der Waals surface area contributed by atoms with E-state index in [1.54, 1.807) is 0 Å². The van der Waals surface area contributed by atoms with E-state index < -0.39 is 10.8 Å². The molecule has 0 aromatic heterocycles. The molecule has 7 rings (SSSR count). The molecule has 0 aliphatic carbocycles. The Labute approximate surface area is 261 Å². The van der Waals surface area contributed by atoms with E-state index in [2.05, 4.69) is 206 Å². The van der Waals surface area contributed by atoms with Crippen LogP contribution in [0, 0.1) is 0 Å². The molecule has 0 atom stereocenters. The van der Waals surface area contributed by atoms with E-state index >= 15 is 0 Å². The molecule has 0 aliphatic rings. The van der Waals surface area contributed by atoms with Crippen LogP contribution in [0.1, 0.15) is 44.5 Å². The summed E-state index contributed by atoms with van der Waals surface area (Å²) in [6.45, 7) is 0. The van der Waals surface area contributed by atoms with Gasteiger partial charge in [0.2, 0.25) is 0 Å². The first-order chi connectivity index (χ1) is 21.8. The van der Waals surface area contributed by atoms with E-state index in [9.17, 15) is 0 Å². The lowest BCUT2D eigenvalue weighted by Crippen LogP contribution is -2.34. The summed E-state index contributed by atoms with van der Waals surface area (Å²) in [5.74, 6) is 0. The van der Waals surface area contributed by atoms with Gasteiger partial charge in [-0.2, -0.15) is 0 Å². The number of benzene rings is 7. The van der Waals surface area contributed by atoms with E-state index in [0.29, 0.717) is 0 Å². The fourth-order valence-corrected chi connectivity index (χ4v) is 7.11. The first-order valence-electron chi connectivity index (χ1n) is 15.3. The Kier molecular flexibility index (Phi) is 7.49. The third-order valence-electron chi connectivity index (χ3n) is 8.97. The maximum absolute atomic E-state index is 2.46. The van der Waals surface area contributed by atoms with Gasteiger partial charge in [0.25, 0.3) is 0 Å². The molecule has 0 saturated carbocycles. The van der Waals surface area contributed by atoms with E-state index in [1.807, 2.05) is 0 Å². The summed E-state index contributed by atoms with van der Waals surface area (Å²) in [6.07, 6.45) is 0. The third-order valence-corrected chi connectivity index (χ3v) is 8.97. The molecule has 0 heteroatoms. The molecular weight excluding hydrogens is 528 g/mol. The summed E-state index contributed by atoms with van der Waals surface area (Å²) >= 11 is 0. The van der Waals surface area contributed by atoms with Gasteiger partial charge in [-0.25, -0.2) is 0 Å². The Morgan fingerprint density at radius 1 is 0.182 bits per heavy atom. The molecule has 0 spiro atoms. The second-order valence-electron chi connectivity index (χ2n) is 11.3. The first kappa shape index (κ1) is 27.4. The van der Waals surface area contributed by atoms with Gasteiger partial charge >= 0.3 is 0 Å². The molecule has 0 radical (unpaired) electrons. The Bertz CT molecular complexity index is 1580. The van der Waals surface area contributed by atoms with Crippen LogP contribution >= 0.6 is 0 Å². The Balaban J connectivity index is 1.61. The van der Waals surface area contributed by atoms with Crippen molar-refractivity contribution in [2.45, 2.75) is 10.8 Å². The first-order valence-corrected chi connectivity index (χ1v) is 15.3. The molecule has 7 aromatic rings. The monoisotopic (exact) mass is 562 g/mol. The van der Waals surface area contributed by atoms with Gasteiger partial charge in [0.15, 0.2) is 0 Å². The molecule has 0 heterocycles. The van der Waals surface area contributed by atoms with E-state index in [4.69, 9.17) is 0 Å². The van der Waals surface area contributed by atoms with Crippen LogP contribution in [-0.2, 0) is 10.8 Å². The van der Waals surface area contributed by atoms with Gasteiger partial charge < -0.3 is 0 Å². The normalized spacial score (nSPS) is 11.6. The zero-order chi connectivity index (χ0) is 29.7. The predicted molar refractivity (Wildman–Crippen MR) is 183 cm³/mol. The van der Waals surface area contributed by atoms with Crippen molar-refractivity contribution in [3.63, 3.8) is 0 Å². The molecule has 0 nitrogen and oxygen atoms in total. The molecular formula is C44H34. The van der Waals surface area contributed by atoms with Crippen LogP contribution in [-0.4, -0.2) is 0 Å². The summed E-state index contributed by atoms with van der Waals surface area (Å²) in [5.41, 5.74) is 8.80. The highest BCUT2D eigenvalue weighted by Gasteiger charge is 2.42. The van der Waals surface area contributed by atoms with Crippen LogP contribution in [0.4, 0.5) is 0 Å². The lowest BCUT2D eigenvalue weighted by atomic mass is 9.62. The van der Waals surface area contributed by atoms with Crippen molar-refractivity contribution < 1.29 is 0 Å². The van der Waals surface area contributed by atoms with Gasteiger partial charge in [0, 0.05) is 0 Å². The third kappa shape index (κ3) is 4.57. The second kappa shape index (κ2) is 12.0. The van der Waals surface area contributed by atoms with Crippen LogP contribution in [0.3, 0.4) is 0 Å². The van der Waals surface area contributed by atoms with E-state index in [1.165, 1.54) is 44.5 Å². The van der Waals surface area contributed by atoms with Crippen LogP contribution in [0.2, 0.25) is 0 Å². The van der Waals surface area contributed by atoms with Gasteiger partial charge in [0.05, 0.1) is 10.8 Å². The van der Waals surface area contributed by atoms with E-state index in [0.717, 1.165) is 0 Å². The Morgan fingerprint density at radius 2 is 0.364 bits per heavy atom. The van der Waals surface area contributed by atoms with Crippen molar-refractivity contribution in [3.05, 3.63) is 251 Å². The average molecular weight is 563 g/mol. The molecule has 0 amide bonds. The molecule has 0 saturated heterocycles. The molecule has 0 unspecified atom stereocenters. The van der Waals surface area contributed by atoms with Crippen molar-refractivity contribution in [2.75, 3.05) is 0 Å². The largest absolute Gasteiger partial charge is 0.0701 e. The second-order valence-corrected chi connectivity index (χ2v) is 11.3. The molecule has 44 heavy (non-hydrogen) atoms. The summed E-state index contributed by atoms with van der Waals surface area (Å²) < 4.78 is 0. The smallest absolute Gasteiger partial charge is 0.0622 e. The van der Waals surface area contributed by atoms with Crippen molar-refractivity contribution in [1.82, 2.24) is 0 Å². The fourth-order valence-electron chi connectivity index (χ4n) is 7.11. The summed E-state index contributed by atoms with van der Waals surface area (Å²) in [5, 5.41) is 0. The molecule has 0 N–H and O–H groups in total. The standard InChI is InChI=1S/C44H34/c1-7-20-35(21-8-1)43(36-22-9-2-10-23-36,37-24-11-3-12-25-37)41-32-19-33-42(34-41)44(38-26-13-4-14-27-38,39-28-15-5-16-29-39)40-30-17-6-18-31-40/h1-34H. The minimum atomic E-state index is -0.532. The quantitative estimate of drug-likeness (QED) is 0.162. The lowest BCUT2D eigenvalue weighted by molar-refractivity contribution is 0.718. The van der Waals surface area contributed by atoms with Crippen LogP contribution in [0.15, 0.2) is 206 Å². The van der Waals surface area contributed by atoms with Crippen molar-refractivity contribution in [3.8, 4) is 0 Å². The molecule has 0 aliphatic heterocycles. The molecule has 0 bridgehead atoms. The Morgan fingerprint density at radius 3 is 0.568 bits per heavy atom. The highest BCUT2D eigenvalue weighted by atomic mass is 14.4. The zero-order valence-electron chi connectivity index (χ0n) is 24.6. The summed E-state index contributed by atoms with van der Waals surface area (Å²) in [7, 11) is 0. The van der Waals surface area contributed by atoms with Crippen molar-refractivity contribution in [2.24, 2.45) is 0 Å². The summed E-state index contributed by atoms with van der Waals surface area (Å²) in [6, 6.07) is 75.0. The molecule has 210 valence electrons. The Hall–Kier alpha value is -5.46. The van der Waals surface area contributed by atoms with Crippen LogP contribution in [0.5, 0.6) is 0 Å². The zero-order valence-corrected chi connectivity index (χ0v) is 24.6. The molecule has 0 fully saturated rings. The van der Waals surface area contributed by atoms with Gasteiger partial charge in [-0.3, -0.25) is 0 Å². The highest BCUT2D eigenvalue weighted by molar-refractivity contribution is 5.64. The van der Waals surface area contributed by atoms with Crippen molar-refractivity contribution in [1.29, 1.82) is 0 Å². The maximum Gasteiger partial charge on any atom is 0.0701 e. The highest BCUT2D eigenvalue weighted by Crippen LogP contribution is 2.49. The number of rotatable bonds is 8. The van der Waals surface area contributed by atoms with Crippen molar-refractivity contribution >= 4 is 0 Å². The van der Waals surface area contributed by atoms with Crippen LogP contribution in [0.25, 0.3) is 0 Å². The van der Waals surface area contributed by atoms with Gasteiger partial charge in [-0.05, 0) is 44.5 Å². The minimum Gasteiger partial charge on any atom is -0.0622 e. The maximum atomic E-state index is 2.46. The minimum absolute atomic E-state index is 0.532. The fraction of sp³-hybridized carbons (Fsp3) is 0.0455. The number of hydrogen-bond donors (Lipinski definition) is 0. The summed E-state index contributed by atoms with van der Waals surface area (Å²) in [4.78, 5) is 0. The van der Waals surface area contributed by atoms with Gasteiger partial charge in [-0.15, -0.1) is 0 Å². The average Bonchev–Trinajstić information content (AvgIpc) is 3.12. The SMILES string of the molecule is c1ccc(C(c2ccccc2)(c2ccccc2)c2cccc(C(c3ccccc3)(c3ccccc3)c3ccccc3)c2)cc1. The lowest BCUT2D eigenvalue weighted by Gasteiger charge is -2.40. The molecule has 7 aromatic carbocycles. The predicted octanol–water partition coefficient (Wildman–Crippen LogP) is 10.5. The van der Waals surface area contributed by atoms with Gasteiger partial charge in [0.1, 0.15) is 0 Å². The van der Waals surface area contributed by atoms with Gasteiger partial charge in [-0.1, -0.05) is 206 Å². The van der Waals surface area contributed by atoms with E-state index in [-0.39, 0.29) is 0 Å². The topological polar surface area (TPSA) is 0 Å².